The molecule has 0 radical (unpaired) electrons. The molecule has 1 aromatic heterocycles. The Morgan fingerprint density at radius 2 is 1.88 bits per heavy atom. The lowest BCUT2D eigenvalue weighted by atomic mass is 10.1. The predicted octanol–water partition coefficient (Wildman–Crippen LogP) is 4.18. The summed E-state index contributed by atoms with van der Waals surface area (Å²) in [5.41, 5.74) is 1.34. The molecule has 0 saturated carbocycles. The summed E-state index contributed by atoms with van der Waals surface area (Å²) in [6, 6.07) is 9.07. The molecule has 3 heterocycles. The highest BCUT2D eigenvalue weighted by atomic mass is 35.5. The van der Waals surface area contributed by atoms with E-state index in [4.69, 9.17) is 16.3 Å². The van der Waals surface area contributed by atoms with Crippen molar-refractivity contribution in [1.82, 2.24) is 15.1 Å². The predicted molar refractivity (Wildman–Crippen MR) is 127 cm³/mol. The average molecular weight is 481 g/mol. The van der Waals surface area contributed by atoms with Crippen LogP contribution in [0.5, 0.6) is 0 Å². The van der Waals surface area contributed by atoms with Crippen LogP contribution >= 0.6 is 22.9 Å². The second-order valence-corrected chi connectivity index (χ2v) is 10.4. The number of nitrogens with zero attached hydrogens (tertiary/aromatic N) is 3. The van der Waals surface area contributed by atoms with Gasteiger partial charge in [0, 0.05) is 57.2 Å². The highest BCUT2D eigenvalue weighted by Crippen LogP contribution is 2.25. The maximum absolute atomic E-state index is 14.8. The number of halogens is 2. The summed E-state index contributed by atoms with van der Waals surface area (Å²) in [5, 5.41) is 2.93. The van der Waals surface area contributed by atoms with Crippen molar-refractivity contribution in [3.8, 4) is 0 Å². The van der Waals surface area contributed by atoms with Crippen molar-refractivity contribution in [3.05, 3.63) is 50.9 Å². The van der Waals surface area contributed by atoms with Crippen molar-refractivity contribution in [2.24, 2.45) is 0 Å². The minimum Gasteiger partial charge on any atom is -0.372 e. The van der Waals surface area contributed by atoms with Crippen LogP contribution in [0.25, 0.3) is 0 Å². The van der Waals surface area contributed by atoms with Crippen LogP contribution in [0.2, 0.25) is 4.34 Å². The lowest BCUT2D eigenvalue weighted by molar-refractivity contribution is -0.00539. The molecule has 2 aliphatic heterocycles. The van der Waals surface area contributed by atoms with Crippen LogP contribution < -0.4 is 10.2 Å². The summed E-state index contributed by atoms with van der Waals surface area (Å²) in [6.45, 7) is 9.50. The molecule has 9 heteroatoms. The first kappa shape index (κ1) is 23.3. The highest BCUT2D eigenvalue weighted by Gasteiger charge is 2.25. The number of carbonyl (C=O) groups excluding carboxylic acids is 1. The third kappa shape index (κ3) is 5.92. The van der Waals surface area contributed by atoms with Crippen LogP contribution in [-0.4, -0.2) is 67.3 Å². The van der Waals surface area contributed by atoms with Gasteiger partial charge in [0.1, 0.15) is 5.82 Å². The van der Waals surface area contributed by atoms with Crippen molar-refractivity contribution < 1.29 is 13.9 Å². The molecule has 32 heavy (non-hydrogen) atoms. The summed E-state index contributed by atoms with van der Waals surface area (Å²) >= 11 is 7.60. The smallest absolute Gasteiger partial charge is 0.317 e. The first-order valence-electron chi connectivity index (χ1n) is 11.1. The molecule has 2 aromatic rings. The fraction of sp³-hybridized carbons (Fsp3) is 0.522. The molecule has 2 amide bonds. The summed E-state index contributed by atoms with van der Waals surface area (Å²) < 4.78 is 21.3. The van der Waals surface area contributed by atoms with Gasteiger partial charge in [0.05, 0.1) is 22.2 Å². The molecule has 1 aromatic carbocycles. The Hall–Kier alpha value is -1.87. The topological polar surface area (TPSA) is 48.1 Å². The zero-order chi connectivity index (χ0) is 22.7. The number of piperazine rings is 1. The Morgan fingerprint density at radius 1 is 1.16 bits per heavy atom. The number of hydrogen-bond acceptors (Lipinski definition) is 5. The fourth-order valence-electron chi connectivity index (χ4n) is 4.35. The highest BCUT2D eigenvalue weighted by molar-refractivity contribution is 7.16. The normalized spacial score (nSPS) is 22.2. The molecule has 2 saturated heterocycles. The van der Waals surface area contributed by atoms with E-state index in [1.54, 1.807) is 17.4 Å². The monoisotopic (exact) mass is 480 g/mol. The van der Waals surface area contributed by atoms with Crippen molar-refractivity contribution >= 4 is 34.7 Å². The molecule has 2 aliphatic rings. The van der Waals surface area contributed by atoms with Gasteiger partial charge >= 0.3 is 6.03 Å². The van der Waals surface area contributed by atoms with Crippen molar-refractivity contribution in [2.45, 2.75) is 39.1 Å². The molecule has 174 valence electrons. The molecule has 4 rings (SSSR count). The third-order valence-electron chi connectivity index (χ3n) is 5.88. The standard InChI is InChI=1S/C23H30ClFN4O2S/c1-16-13-29(14-17(2)31-16)21-5-3-18(11-20(21)25)12-26-23(30)28-9-7-27(8-10-28)15-19-4-6-22(24)32-19/h3-6,11,16-17H,7-10,12-15H2,1-2H3,(H,26,30). The van der Waals surface area contributed by atoms with Crippen molar-refractivity contribution in [2.75, 3.05) is 44.2 Å². The molecular weight excluding hydrogens is 451 g/mol. The minimum absolute atomic E-state index is 0.0701. The van der Waals surface area contributed by atoms with Crippen LogP contribution in [0.15, 0.2) is 30.3 Å². The van der Waals surface area contributed by atoms with Gasteiger partial charge < -0.3 is 19.9 Å². The number of morpholine rings is 1. The van der Waals surface area contributed by atoms with Crippen molar-refractivity contribution in [3.63, 3.8) is 0 Å². The number of amides is 2. The quantitative estimate of drug-likeness (QED) is 0.697. The van der Waals surface area contributed by atoms with E-state index in [0.29, 0.717) is 38.4 Å². The van der Waals surface area contributed by atoms with E-state index < -0.39 is 0 Å². The van der Waals surface area contributed by atoms with E-state index in [0.717, 1.165) is 29.5 Å². The van der Waals surface area contributed by atoms with Crippen molar-refractivity contribution in [1.29, 1.82) is 0 Å². The third-order valence-corrected chi connectivity index (χ3v) is 7.10. The number of hydrogen-bond donors (Lipinski definition) is 1. The van der Waals surface area contributed by atoms with E-state index in [1.807, 2.05) is 35.8 Å². The zero-order valence-corrected chi connectivity index (χ0v) is 20.1. The summed E-state index contributed by atoms with van der Waals surface area (Å²) in [5.74, 6) is -0.264. The Balaban J connectivity index is 1.25. The number of ether oxygens (including phenoxy) is 1. The zero-order valence-electron chi connectivity index (χ0n) is 18.5. The van der Waals surface area contributed by atoms with Gasteiger partial charge in [0.2, 0.25) is 0 Å². The number of carbonyl (C=O) groups is 1. The van der Waals surface area contributed by atoms with E-state index >= 15 is 0 Å². The van der Waals surface area contributed by atoms with Gasteiger partial charge in [-0.15, -0.1) is 11.3 Å². The van der Waals surface area contributed by atoms with Gasteiger partial charge in [0.25, 0.3) is 0 Å². The second kappa shape index (κ2) is 10.4. The first-order chi connectivity index (χ1) is 15.4. The maximum atomic E-state index is 14.8. The SMILES string of the molecule is CC1CN(c2ccc(CNC(=O)N3CCN(Cc4ccc(Cl)s4)CC3)cc2F)CC(C)O1. The van der Waals surface area contributed by atoms with Gasteiger partial charge in [-0.3, -0.25) is 4.90 Å². The summed E-state index contributed by atoms with van der Waals surface area (Å²) in [6.07, 6.45) is 0.140. The average Bonchev–Trinajstić information content (AvgIpc) is 3.16. The minimum atomic E-state index is -0.264. The molecule has 6 nitrogen and oxygen atoms in total. The number of benzene rings is 1. The van der Waals surface area contributed by atoms with Gasteiger partial charge in [-0.1, -0.05) is 17.7 Å². The van der Waals surface area contributed by atoms with E-state index in [1.165, 1.54) is 10.9 Å². The molecule has 1 N–H and O–H groups in total. The van der Waals surface area contributed by atoms with Gasteiger partial charge in [-0.25, -0.2) is 9.18 Å². The fourth-order valence-corrected chi connectivity index (χ4v) is 5.48. The molecular formula is C23H30ClFN4O2S. The number of anilines is 1. The largest absolute Gasteiger partial charge is 0.372 e. The molecule has 0 aliphatic carbocycles. The second-order valence-electron chi connectivity index (χ2n) is 8.58. The Kier molecular flexibility index (Phi) is 7.55. The van der Waals surface area contributed by atoms with Gasteiger partial charge in [-0.05, 0) is 43.7 Å². The summed E-state index contributed by atoms with van der Waals surface area (Å²) in [4.78, 5) is 20.0. The van der Waals surface area contributed by atoms with Gasteiger partial charge in [-0.2, -0.15) is 0 Å². The van der Waals surface area contributed by atoms with Crippen LogP contribution in [-0.2, 0) is 17.8 Å². The molecule has 2 atom stereocenters. The molecule has 2 unspecified atom stereocenters. The first-order valence-corrected chi connectivity index (χ1v) is 12.2. The molecule has 0 bridgehead atoms. The number of thiophene rings is 1. The van der Waals surface area contributed by atoms with Gasteiger partial charge in [0.15, 0.2) is 0 Å². The lowest BCUT2D eigenvalue weighted by Gasteiger charge is -2.37. The van der Waals surface area contributed by atoms with E-state index in [-0.39, 0.29) is 24.1 Å². The lowest BCUT2D eigenvalue weighted by Crippen LogP contribution is -2.51. The molecule has 2 fully saturated rings. The number of nitrogens with one attached hydrogen (secondary N) is 1. The number of rotatable bonds is 5. The van der Waals surface area contributed by atoms with Crippen LogP contribution in [0.4, 0.5) is 14.9 Å². The Bertz CT molecular complexity index is 924. The summed E-state index contributed by atoms with van der Waals surface area (Å²) in [7, 11) is 0. The maximum Gasteiger partial charge on any atom is 0.317 e. The van der Waals surface area contributed by atoms with Crippen LogP contribution in [0.1, 0.15) is 24.3 Å². The molecule has 0 spiro atoms. The van der Waals surface area contributed by atoms with E-state index in [2.05, 4.69) is 16.3 Å². The van der Waals surface area contributed by atoms with Crippen LogP contribution in [0.3, 0.4) is 0 Å². The Labute approximate surface area is 197 Å². The Morgan fingerprint density at radius 3 is 2.50 bits per heavy atom. The van der Waals surface area contributed by atoms with E-state index in [9.17, 15) is 9.18 Å². The number of urea groups is 1. The van der Waals surface area contributed by atoms with Crippen LogP contribution in [0, 0.1) is 5.82 Å².